The quantitative estimate of drug-likeness (QED) is 0.617. The van der Waals surface area contributed by atoms with E-state index >= 15 is 0 Å². The van der Waals surface area contributed by atoms with Crippen molar-refractivity contribution in [3.63, 3.8) is 0 Å². The number of hydrogen-bond donors (Lipinski definition) is 0. The molecule has 22 heavy (non-hydrogen) atoms. The molecular weight excluding hydrogens is 271 g/mol. The highest BCUT2D eigenvalue weighted by Crippen LogP contribution is 2.48. The van der Waals surface area contributed by atoms with Crippen molar-refractivity contribution in [3.8, 4) is 0 Å². The first-order chi connectivity index (χ1) is 10.4. The van der Waals surface area contributed by atoms with E-state index < -0.39 is 0 Å². The largest absolute Gasteiger partial charge is 0.207 e. The van der Waals surface area contributed by atoms with Gasteiger partial charge in [-0.1, -0.05) is 56.8 Å². The first-order valence-electron chi connectivity index (χ1n) is 7.64. The predicted octanol–water partition coefficient (Wildman–Crippen LogP) is 5.87. The monoisotopic (exact) mass is 292 g/mol. The number of rotatable bonds is 1. The molecule has 0 saturated carbocycles. The van der Waals surface area contributed by atoms with Gasteiger partial charge in [-0.05, 0) is 53.3 Å². The summed E-state index contributed by atoms with van der Waals surface area (Å²) in [5.74, 6) is -0.136. The van der Waals surface area contributed by atoms with Gasteiger partial charge in [0.25, 0.3) is 0 Å². The molecule has 2 aromatic rings. The average Bonchev–Trinajstić information content (AvgIpc) is 2.44. The highest BCUT2D eigenvalue weighted by Gasteiger charge is 2.37. The van der Waals surface area contributed by atoms with Crippen molar-refractivity contribution in [1.82, 2.24) is 0 Å². The number of benzene rings is 2. The molecule has 0 N–H and O–H groups in total. The molecule has 0 nitrogen and oxygen atoms in total. The Morgan fingerprint density at radius 3 is 2.59 bits per heavy atom. The van der Waals surface area contributed by atoms with Crippen LogP contribution in [-0.4, -0.2) is 0 Å². The fourth-order valence-corrected chi connectivity index (χ4v) is 3.63. The zero-order valence-electron chi connectivity index (χ0n) is 13.6. The maximum absolute atomic E-state index is 14.7. The predicted molar refractivity (Wildman–Crippen MR) is 92.6 cm³/mol. The minimum atomic E-state index is -0.374. The Labute approximate surface area is 132 Å². The Bertz CT molecular complexity index is 807. The van der Waals surface area contributed by atoms with E-state index in [1.54, 1.807) is 6.07 Å². The normalized spacial score (nSPS) is 15.8. The smallest absolute Gasteiger partial charge is 0.128 e. The highest BCUT2D eigenvalue weighted by atomic mass is 19.1. The van der Waals surface area contributed by atoms with Gasteiger partial charge < -0.3 is 0 Å². The standard InChI is InChI=1S/C21H21F/c1-6-8-15-9-7-10-17-19(15)14(3)16-11-13(2)12-18(22)20(16)21(17,4)5/h6-12H,3H2,1-2,4-5H3/b8-6-. The van der Waals surface area contributed by atoms with Gasteiger partial charge in [-0.25, -0.2) is 4.39 Å². The molecule has 0 fully saturated rings. The van der Waals surface area contributed by atoms with Gasteiger partial charge in [0, 0.05) is 11.0 Å². The Kier molecular flexibility index (Phi) is 3.32. The second kappa shape index (κ2) is 4.95. The number of hydrogen-bond acceptors (Lipinski definition) is 0. The lowest BCUT2D eigenvalue weighted by Crippen LogP contribution is -2.28. The summed E-state index contributed by atoms with van der Waals surface area (Å²) < 4.78 is 14.7. The topological polar surface area (TPSA) is 0 Å². The molecule has 0 amide bonds. The van der Waals surface area contributed by atoms with Gasteiger partial charge in [-0.3, -0.25) is 0 Å². The lowest BCUT2D eigenvalue weighted by atomic mass is 9.66. The fourth-order valence-electron chi connectivity index (χ4n) is 3.63. The van der Waals surface area contributed by atoms with Gasteiger partial charge in [-0.2, -0.15) is 0 Å². The molecule has 3 rings (SSSR count). The second-order valence-electron chi connectivity index (χ2n) is 6.54. The minimum absolute atomic E-state index is 0.136. The summed E-state index contributed by atoms with van der Waals surface area (Å²) in [6.45, 7) is 12.4. The molecule has 0 aliphatic heterocycles. The molecule has 1 aliphatic rings. The number of halogens is 1. The van der Waals surface area contributed by atoms with Crippen LogP contribution in [0.25, 0.3) is 11.6 Å². The van der Waals surface area contributed by atoms with Crippen LogP contribution in [0.3, 0.4) is 0 Å². The zero-order chi connectivity index (χ0) is 16.1. The van der Waals surface area contributed by atoms with Crippen molar-refractivity contribution in [1.29, 1.82) is 0 Å². The minimum Gasteiger partial charge on any atom is -0.207 e. The first-order valence-corrected chi connectivity index (χ1v) is 7.64. The molecule has 0 radical (unpaired) electrons. The molecular formula is C21H21F. The third-order valence-corrected chi connectivity index (χ3v) is 4.60. The second-order valence-corrected chi connectivity index (χ2v) is 6.54. The third-order valence-electron chi connectivity index (χ3n) is 4.60. The molecule has 0 spiro atoms. The van der Waals surface area contributed by atoms with E-state index in [2.05, 4.69) is 44.7 Å². The van der Waals surface area contributed by atoms with Crippen molar-refractivity contribution in [2.24, 2.45) is 0 Å². The van der Waals surface area contributed by atoms with Gasteiger partial charge >= 0.3 is 0 Å². The van der Waals surface area contributed by atoms with Gasteiger partial charge in [0.05, 0.1) is 0 Å². The van der Waals surface area contributed by atoms with E-state index in [-0.39, 0.29) is 11.2 Å². The van der Waals surface area contributed by atoms with Crippen molar-refractivity contribution in [2.75, 3.05) is 0 Å². The molecule has 0 heterocycles. The van der Waals surface area contributed by atoms with Crippen LogP contribution in [0.2, 0.25) is 0 Å². The SMILES string of the molecule is C=C1c2cc(C)cc(F)c2C(C)(C)c2cccc(/C=C\C)c21. The van der Waals surface area contributed by atoms with E-state index in [0.717, 1.165) is 39.0 Å². The van der Waals surface area contributed by atoms with E-state index in [9.17, 15) is 4.39 Å². The third kappa shape index (κ3) is 1.96. The number of aryl methyl sites for hydroxylation is 1. The Balaban J connectivity index is 2.41. The van der Waals surface area contributed by atoms with Crippen LogP contribution in [-0.2, 0) is 5.41 Å². The maximum atomic E-state index is 14.7. The molecule has 112 valence electrons. The fraction of sp³-hybridized carbons (Fsp3) is 0.238. The summed E-state index contributed by atoms with van der Waals surface area (Å²) in [4.78, 5) is 0. The first kappa shape index (κ1) is 14.8. The summed E-state index contributed by atoms with van der Waals surface area (Å²) >= 11 is 0. The molecule has 0 bridgehead atoms. The van der Waals surface area contributed by atoms with Gasteiger partial charge in [0.2, 0.25) is 0 Å². The summed E-state index contributed by atoms with van der Waals surface area (Å²) in [6, 6.07) is 9.90. The molecule has 0 aromatic heterocycles. The Hall–Kier alpha value is -2.15. The van der Waals surface area contributed by atoms with Crippen LogP contribution >= 0.6 is 0 Å². The van der Waals surface area contributed by atoms with E-state index in [1.807, 2.05) is 26.0 Å². The molecule has 1 heteroatoms. The van der Waals surface area contributed by atoms with E-state index in [1.165, 1.54) is 0 Å². The van der Waals surface area contributed by atoms with Crippen LogP contribution in [0.15, 0.2) is 43.0 Å². The lowest BCUT2D eigenvalue weighted by molar-refractivity contribution is 0.541. The van der Waals surface area contributed by atoms with Crippen molar-refractivity contribution in [2.45, 2.75) is 33.1 Å². The van der Waals surface area contributed by atoms with Crippen molar-refractivity contribution < 1.29 is 4.39 Å². The Morgan fingerprint density at radius 2 is 1.91 bits per heavy atom. The summed E-state index contributed by atoms with van der Waals surface area (Å²) in [5.41, 5.74) is 6.60. The molecule has 1 aliphatic carbocycles. The van der Waals surface area contributed by atoms with E-state index in [0.29, 0.717) is 0 Å². The zero-order valence-corrected chi connectivity index (χ0v) is 13.6. The van der Waals surface area contributed by atoms with Crippen molar-refractivity contribution >= 4 is 11.6 Å². The van der Waals surface area contributed by atoms with Gasteiger partial charge in [-0.15, -0.1) is 0 Å². The summed E-state index contributed by atoms with van der Waals surface area (Å²) in [7, 11) is 0. The number of allylic oxidation sites excluding steroid dienone is 1. The molecule has 0 saturated heterocycles. The summed E-state index contributed by atoms with van der Waals surface area (Å²) in [6.07, 6.45) is 4.12. The lowest BCUT2D eigenvalue weighted by Gasteiger charge is -2.37. The van der Waals surface area contributed by atoms with Crippen LogP contribution in [0.4, 0.5) is 4.39 Å². The highest BCUT2D eigenvalue weighted by molar-refractivity contribution is 5.90. The van der Waals surface area contributed by atoms with Crippen LogP contribution in [0, 0.1) is 12.7 Å². The summed E-state index contributed by atoms with van der Waals surface area (Å²) in [5, 5.41) is 0. The average molecular weight is 292 g/mol. The molecule has 0 atom stereocenters. The van der Waals surface area contributed by atoms with Crippen LogP contribution in [0.1, 0.15) is 54.2 Å². The van der Waals surface area contributed by atoms with Gasteiger partial charge in [0.15, 0.2) is 0 Å². The van der Waals surface area contributed by atoms with E-state index in [4.69, 9.17) is 0 Å². The number of fused-ring (bicyclic) bond motifs is 2. The van der Waals surface area contributed by atoms with Crippen LogP contribution < -0.4 is 0 Å². The Morgan fingerprint density at radius 1 is 1.18 bits per heavy atom. The van der Waals surface area contributed by atoms with Gasteiger partial charge in [0.1, 0.15) is 5.82 Å². The van der Waals surface area contributed by atoms with Crippen LogP contribution in [0.5, 0.6) is 0 Å². The molecule has 2 aromatic carbocycles. The molecule has 0 unspecified atom stereocenters. The van der Waals surface area contributed by atoms with Crippen molar-refractivity contribution in [3.05, 3.63) is 82.2 Å². The maximum Gasteiger partial charge on any atom is 0.128 e.